The van der Waals surface area contributed by atoms with Crippen LogP contribution in [0, 0.1) is 11.3 Å². The number of rotatable bonds is 6. The second-order valence-electron chi connectivity index (χ2n) is 7.28. The first-order chi connectivity index (χ1) is 15.5. The van der Waals surface area contributed by atoms with Crippen molar-refractivity contribution >= 4 is 34.4 Å². The Morgan fingerprint density at radius 1 is 1.50 bits per heavy atom. The molecule has 0 radical (unpaired) electrons. The molecule has 0 saturated carbocycles. The van der Waals surface area contributed by atoms with E-state index in [-0.39, 0.29) is 12.0 Å². The average molecular weight is 452 g/mol. The third-order valence-corrected chi connectivity index (χ3v) is 6.28. The molecule has 0 bridgehead atoms. The zero-order valence-corrected chi connectivity index (χ0v) is 18.1. The first kappa shape index (κ1) is 21.4. The highest BCUT2D eigenvalue weighted by atomic mass is 32.1. The van der Waals surface area contributed by atoms with Crippen LogP contribution in [0.4, 0.5) is 9.80 Å². The molecule has 1 aliphatic carbocycles. The van der Waals surface area contributed by atoms with Crippen LogP contribution >= 0.6 is 11.3 Å². The van der Waals surface area contributed by atoms with Crippen LogP contribution in [-0.4, -0.2) is 27.7 Å². The fraction of sp³-hybridized carbons (Fsp3) is 0.273. The van der Waals surface area contributed by atoms with E-state index in [1.807, 2.05) is 11.6 Å². The molecule has 3 aromatic heterocycles. The fourth-order valence-electron chi connectivity index (χ4n) is 3.47. The number of imidazole rings is 1. The lowest BCUT2D eigenvalue weighted by atomic mass is 9.94. The van der Waals surface area contributed by atoms with Crippen molar-refractivity contribution in [2.45, 2.75) is 31.9 Å². The van der Waals surface area contributed by atoms with Crippen molar-refractivity contribution in [1.82, 2.24) is 14.9 Å². The van der Waals surface area contributed by atoms with Crippen LogP contribution in [0.1, 0.15) is 33.9 Å². The van der Waals surface area contributed by atoms with Crippen molar-refractivity contribution < 1.29 is 18.7 Å². The van der Waals surface area contributed by atoms with E-state index in [2.05, 4.69) is 21.7 Å². The Morgan fingerprint density at radius 3 is 3.09 bits per heavy atom. The second kappa shape index (κ2) is 9.53. The van der Waals surface area contributed by atoms with Crippen molar-refractivity contribution in [2.24, 2.45) is 7.05 Å². The van der Waals surface area contributed by atoms with Crippen LogP contribution in [0.2, 0.25) is 0 Å². The van der Waals surface area contributed by atoms with Crippen LogP contribution in [0.15, 0.2) is 41.4 Å². The zero-order valence-electron chi connectivity index (χ0n) is 17.3. The van der Waals surface area contributed by atoms with Gasteiger partial charge in [-0.1, -0.05) is 0 Å². The van der Waals surface area contributed by atoms with Crippen molar-refractivity contribution in [1.29, 1.82) is 5.26 Å². The Labute approximate surface area is 188 Å². The minimum atomic E-state index is -0.492. The Bertz CT molecular complexity index is 1190. The maximum atomic E-state index is 12.3. The van der Waals surface area contributed by atoms with E-state index >= 15 is 0 Å². The smallest absolute Gasteiger partial charge is 0.407 e. The molecule has 2 amide bonds. The number of nitrogens with zero attached hydrogens (tertiary/aromatic N) is 3. The Hall–Kier alpha value is -3.84. The van der Waals surface area contributed by atoms with Crippen molar-refractivity contribution in [3.8, 4) is 6.07 Å². The number of carbonyl (C=O) groups is 2. The van der Waals surface area contributed by atoms with Gasteiger partial charge in [0.2, 0.25) is 5.91 Å². The number of alkyl carbamates (subject to hydrolysis) is 1. The van der Waals surface area contributed by atoms with Gasteiger partial charge in [-0.25, -0.2) is 9.78 Å². The molecule has 10 heteroatoms. The number of nitriles is 1. The Balaban J connectivity index is 1.36. The molecule has 2 N–H and O–H groups in total. The monoisotopic (exact) mass is 451 g/mol. The number of hydrogen-bond donors (Lipinski definition) is 2. The molecule has 0 aliphatic heterocycles. The number of anilines is 1. The van der Waals surface area contributed by atoms with Gasteiger partial charge in [0.1, 0.15) is 22.9 Å². The summed E-state index contributed by atoms with van der Waals surface area (Å²) < 4.78 is 12.6. The predicted octanol–water partition coefficient (Wildman–Crippen LogP) is 3.38. The highest BCUT2D eigenvalue weighted by molar-refractivity contribution is 7.16. The fourth-order valence-corrected chi connectivity index (χ4v) is 4.74. The number of thiophene rings is 1. The standard InChI is InChI=1S/C22H21N5O4S/c1-27-13-24-11-14(27)12-25-22(29)31-16-4-6-17-18(10-23)21(32-19(17)9-16)26-20(28)7-5-15-3-2-8-30-15/h2-3,5,7-8,11,13,16H,4,6,9,12H2,1H3,(H,25,29)(H,26,28). The SMILES string of the molecule is Cn1cncc1CNC(=O)OC1CCc2c(sc(NC(=O)C=Cc3ccco3)c2C#N)C1. The van der Waals surface area contributed by atoms with Gasteiger partial charge in [0, 0.05) is 30.6 Å². The van der Waals surface area contributed by atoms with Crippen LogP contribution in [0.25, 0.3) is 6.08 Å². The van der Waals surface area contributed by atoms with Gasteiger partial charge in [-0.2, -0.15) is 5.26 Å². The lowest BCUT2D eigenvalue weighted by Gasteiger charge is -2.22. The quantitative estimate of drug-likeness (QED) is 0.554. The number of hydrogen-bond acceptors (Lipinski definition) is 7. The molecule has 32 heavy (non-hydrogen) atoms. The minimum Gasteiger partial charge on any atom is -0.465 e. The third-order valence-electron chi connectivity index (χ3n) is 5.11. The maximum absolute atomic E-state index is 12.3. The molecule has 0 spiro atoms. The van der Waals surface area contributed by atoms with Crippen LogP contribution in [0.5, 0.6) is 0 Å². The summed E-state index contributed by atoms with van der Waals surface area (Å²) in [7, 11) is 1.85. The van der Waals surface area contributed by atoms with Crippen molar-refractivity contribution in [2.75, 3.05) is 5.32 Å². The van der Waals surface area contributed by atoms with Gasteiger partial charge in [0.05, 0.1) is 30.4 Å². The van der Waals surface area contributed by atoms with Crippen LogP contribution in [0.3, 0.4) is 0 Å². The van der Waals surface area contributed by atoms with Gasteiger partial charge < -0.3 is 24.4 Å². The molecule has 3 aromatic rings. The van der Waals surface area contributed by atoms with E-state index in [0.717, 1.165) is 16.1 Å². The van der Waals surface area contributed by atoms with Gasteiger partial charge in [0.25, 0.3) is 0 Å². The van der Waals surface area contributed by atoms with Crippen molar-refractivity contribution in [3.05, 3.63) is 64.5 Å². The average Bonchev–Trinajstić information content (AvgIpc) is 3.50. The lowest BCUT2D eigenvalue weighted by molar-refractivity contribution is -0.111. The summed E-state index contributed by atoms with van der Waals surface area (Å²) in [5.74, 6) is 0.214. The topological polar surface area (TPSA) is 122 Å². The minimum absolute atomic E-state index is 0.290. The van der Waals surface area contributed by atoms with E-state index < -0.39 is 6.09 Å². The summed E-state index contributed by atoms with van der Waals surface area (Å²) >= 11 is 1.35. The Morgan fingerprint density at radius 2 is 2.38 bits per heavy atom. The van der Waals surface area contributed by atoms with E-state index in [1.54, 1.807) is 30.7 Å². The largest absolute Gasteiger partial charge is 0.465 e. The molecule has 0 aromatic carbocycles. The summed E-state index contributed by atoms with van der Waals surface area (Å²) in [5.41, 5.74) is 2.26. The first-order valence-corrected chi connectivity index (χ1v) is 10.8. The molecule has 9 nitrogen and oxygen atoms in total. The first-order valence-electron chi connectivity index (χ1n) is 10.0. The van der Waals surface area contributed by atoms with Gasteiger partial charge in [-0.15, -0.1) is 11.3 Å². The molecule has 1 aliphatic rings. The maximum Gasteiger partial charge on any atom is 0.407 e. The highest BCUT2D eigenvalue weighted by Crippen LogP contribution is 2.38. The van der Waals surface area contributed by atoms with Gasteiger partial charge in [-0.05, 0) is 36.6 Å². The lowest BCUT2D eigenvalue weighted by Crippen LogP contribution is -2.32. The molecule has 1 atom stereocenters. The Kier molecular flexibility index (Phi) is 6.37. The number of aromatic nitrogens is 2. The zero-order chi connectivity index (χ0) is 22.5. The predicted molar refractivity (Wildman–Crippen MR) is 118 cm³/mol. The number of aryl methyl sites for hydroxylation is 1. The van der Waals surface area contributed by atoms with Gasteiger partial charge in [-0.3, -0.25) is 4.79 Å². The molecule has 0 fully saturated rings. The molecular formula is C22H21N5O4S. The molecule has 1 unspecified atom stereocenters. The summed E-state index contributed by atoms with van der Waals surface area (Å²) in [6, 6.07) is 5.67. The number of nitrogens with one attached hydrogen (secondary N) is 2. The number of amides is 2. The number of fused-ring (bicyclic) bond motifs is 1. The molecule has 164 valence electrons. The van der Waals surface area contributed by atoms with Gasteiger partial charge >= 0.3 is 6.09 Å². The second-order valence-corrected chi connectivity index (χ2v) is 8.38. The van der Waals surface area contributed by atoms with E-state index in [9.17, 15) is 14.9 Å². The molecular weight excluding hydrogens is 430 g/mol. The van der Waals surface area contributed by atoms with Crippen LogP contribution in [-0.2, 0) is 36.0 Å². The third kappa shape index (κ3) is 4.90. The van der Waals surface area contributed by atoms with E-state index in [0.29, 0.717) is 42.1 Å². The summed E-state index contributed by atoms with van der Waals surface area (Å²) in [6.45, 7) is 0.326. The van der Waals surface area contributed by atoms with Gasteiger partial charge in [0.15, 0.2) is 0 Å². The van der Waals surface area contributed by atoms with Crippen LogP contribution < -0.4 is 10.6 Å². The van der Waals surface area contributed by atoms with E-state index in [1.165, 1.54) is 23.7 Å². The summed E-state index contributed by atoms with van der Waals surface area (Å²) in [4.78, 5) is 29.4. The summed E-state index contributed by atoms with van der Waals surface area (Å²) in [5, 5.41) is 15.6. The normalized spacial score (nSPS) is 15.2. The molecule has 0 saturated heterocycles. The number of carbonyl (C=O) groups excluding carboxylic acids is 2. The van der Waals surface area contributed by atoms with E-state index in [4.69, 9.17) is 9.15 Å². The van der Waals surface area contributed by atoms with Crippen molar-refractivity contribution in [3.63, 3.8) is 0 Å². The molecule has 3 heterocycles. The number of ether oxygens (including phenoxy) is 1. The summed E-state index contributed by atoms with van der Waals surface area (Å²) in [6.07, 6.45) is 8.73. The highest BCUT2D eigenvalue weighted by Gasteiger charge is 2.28. The molecule has 4 rings (SSSR count). The number of furan rings is 1.